The second-order valence-electron chi connectivity index (χ2n) is 3.95. The zero-order chi connectivity index (χ0) is 9.56. The fourth-order valence-electron chi connectivity index (χ4n) is 0.894. The van der Waals surface area contributed by atoms with Crippen LogP contribution < -0.4 is 0 Å². The lowest BCUT2D eigenvalue weighted by Crippen LogP contribution is -2.15. The predicted molar refractivity (Wildman–Crippen MR) is 50.1 cm³/mol. The minimum absolute atomic E-state index is 0.141. The Morgan fingerprint density at radius 1 is 1.08 bits per heavy atom. The first-order valence-electron chi connectivity index (χ1n) is 4.78. The number of rotatable bonds is 6. The van der Waals surface area contributed by atoms with Crippen molar-refractivity contribution in [2.45, 2.75) is 52.8 Å². The third-order valence-electron chi connectivity index (χ3n) is 1.67. The molecule has 0 aliphatic carbocycles. The van der Waals surface area contributed by atoms with Crippen LogP contribution in [0.25, 0.3) is 0 Å². The van der Waals surface area contributed by atoms with E-state index in [9.17, 15) is 4.39 Å². The topological polar surface area (TPSA) is 9.23 Å². The Morgan fingerprint density at radius 2 is 1.67 bits per heavy atom. The molecule has 0 radical (unpaired) electrons. The van der Waals surface area contributed by atoms with Crippen molar-refractivity contribution in [1.29, 1.82) is 0 Å². The molecule has 0 rings (SSSR count). The number of hydrogen-bond acceptors (Lipinski definition) is 1. The third-order valence-corrected chi connectivity index (χ3v) is 1.67. The van der Waals surface area contributed by atoms with E-state index in [4.69, 9.17) is 4.74 Å². The summed E-state index contributed by atoms with van der Waals surface area (Å²) in [6, 6.07) is 0. The van der Waals surface area contributed by atoms with Gasteiger partial charge in [0.05, 0.1) is 12.7 Å². The summed E-state index contributed by atoms with van der Waals surface area (Å²) in [6.07, 6.45) is 0.935. The summed E-state index contributed by atoms with van der Waals surface area (Å²) < 4.78 is 18.2. The van der Waals surface area contributed by atoms with Gasteiger partial charge in [0.15, 0.2) is 0 Å². The number of ether oxygens (including phenoxy) is 1. The van der Waals surface area contributed by atoms with Crippen LogP contribution in [-0.2, 0) is 4.74 Å². The van der Waals surface area contributed by atoms with Gasteiger partial charge in [-0.15, -0.1) is 0 Å². The van der Waals surface area contributed by atoms with Crippen LogP contribution in [-0.4, -0.2) is 18.9 Å². The average Bonchev–Trinajstić information content (AvgIpc) is 1.96. The summed E-state index contributed by atoms with van der Waals surface area (Å²) in [5.41, 5.74) is 0. The van der Waals surface area contributed by atoms with Crippen LogP contribution in [0.1, 0.15) is 40.5 Å². The Bertz CT molecular complexity index is 90.0. The smallest absolute Gasteiger partial charge is 0.123 e. The Morgan fingerprint density at radius 3 is 2.08 bits per heavy atom. The lowest BCUT2D eigenvalue weighted by atomic mass is 10.1. The van der Waals surface area contributed by atoms with Crippen LogP contribution in [0, 0.1) is 5.92 Å². The molecule has 0 saturated carbocycles. The zero-order valence-corrected chi connectivity index (χ0v) is 8.64. The highest BCUT2D eigenvalue weighted by molar-refractivity contribution is 4.57. The van der Waals surface area contributed by atoms with E-state index in [1.54, 1.807) is 0 Å². The van der Waals surface area contributed by atoms with E-state index in [2.05, 4.69) is 13.8 Å². The van der Waals surface area contributed by atoms with E-state index in [1.165, 1.54) is 0 Å². The predicted octanol–water partition coefficient (Wildman–Crippen LogP) is 3.19. The van der Waals surface area contributed by atoms with Gasteiger partial charge in [-0.1, -0.05) is 13.8 Å². The van der Waals surface area contributed by atoms with Crippen molar-refractivity contribution >= 4 is 0 Å². The van der Waals surface area contributed by atoms with E-state index in [0.717, 1.165) is 6.42 Å². The van der Waals surface area contributed by atoms with Crippen molar-refractivity contribution in [3.63, 3.8) is 0 Å². The van der Waals surface area contributed by atoms with Crippen molar-refractivity contribution in [3.05, 3.63) is 0 Å². The lowest BCUT2D eigenvalue weighted by molar-refractivity contribution is 0.0345. The molecule has 0 aliphatic heterocycles. The van der Waals surface area contributed by atoms with Crippen molar-refractivity contribution in [2.75, 3.05) is 6.61 Å². The molecule has 0 aliphatic rings. The van der Waals surface area contributed by atoms with Crippen molar-refractivity contribution < 1.29 is 9.13 Å². The molecule has 0 aromatic rings. The van der Waals surface area contributed by atoms with Gasteiger partial charge >= 0.3 is 0 Å². The maximum absolute atomic E-state index is 13.0. The van der Waals surface area contributed by atoms with Crippen molar-refractivity contribution in [1.82, 2.24) is 0 Å². The van der Waals surface area contributed by atoms with E-state index in [0.29, 0.717) is 12.3 Å². The molecule has 0 aromatic carbocycles. The monoisotopic (exact) mass is 176 g/mol. The summed E-state index contributed by atoms with van der Waals surface area (Å²) >= 11 is 0. The average molecular weight is 176 g/mol. The zero-order valence-electron chi connectivity index (χ0n) is 8.64. The van der Waals surface area contributed by atoms with Crippen LogP contribution in [0.5, 0.6) is 0 Å². The molecule has 1 atom stereocenters. The van der Waals surface area contributed by atoms with E-state index >= 15 is 0 Å². The van der Waals surface area contributed by atoms with E-state index in [1.807, 2.05) is 13.8 Å². The summed E-state index contributed by atoms with van der Waals surface area (Å²) in [5.74, 6) is 0.585. The quantitative estimate of drug-likeness (QED) is 0.604. The molecule has 0 heterocycles. The first-order chi connectivity index (χ1) is 5.52. The van der Waals surface area contributed by atoms with Crippen molar-refractivity contribution in [3.8, 4) is 0 Å². The highest BCUT2D eigenvalue weighted by Gasteiger charge is 2.08. The second-order valence-corrected chi connectivity index (χ2v) is 3.95. The largest absolute Gasteiger partial charge is 0.376 e. The normalized spacial score (nSPS) is 14.2. The summed E-state index contributed by atoms with van der Waals surface area (Å²) in [5, 5.41) is 0. The van der Waals surface area contributed by atoms with E-state index in [-0.39, 0.29) is 12.7 Å². The first-order valence-corrected chi connectivity index (χ1v) is 4.78. The van der Waals surface area contributed by atoms with Gasteiger partial charge in [0.1, 0.15) is 6.17 Å². The minimum Gasteiger partial charge on any atom is -0.376 e. The molecule has 0 bridgehead atoms. The molecular formula is C10H21FO. The van der Waals surface area contributed by atoms with Crippen LogP contribution >= 0.6 is 0 Å². The Kier molecular flexibility index (Phi) is 6.35. The van der Waals surface area contributed by atoms with Gasteiger partial charge in [-0.2, -0.15) is 0 Å². The van der Waals surface area contributed by atoms with Gasteiger partial charge in [-0.25, -0.2) is 4.39 Å². The minimum atomic E-state index is -0.783. The highest BCUT2D eigenvalue weighted by Crippen LogP contribution is 2.10. The van der Waals surface area contributed by atoms with Gasteiger partial charge in [0.2, 0.25) is 0 Å². The van der Waals surface area contributed by atoms with Gasteiger partial charge in [0.25, 0.3) is 0 Å². The molecular weight excluding hydrogens is 155 g/mol. The van der Waals surface area contributed by atoms with Gasteiger partial charge < -0.3 is 4.74 Å². The van der Waals surface area contributed by atoms with Gasteiger partial charge in [-0.3, -0.25) is 0 Å². The van der Waals surface area contributed by atoms with Crippen LogP contribution in [0.2, 0.25) is 0 Å². The van der Waals surface area contributed by atoms with Crippen LogP contribution in [0.15, 0.2) is 0 Å². The third kappa shape index (κ3) is 7.99. The molecule has 0 aromatic heterocycles. The fraction of sp³-hybridized carbons (Fsp3) is 1.00. The molecule has 0 amide bonds. The summed E-state index contributed by atoms with van der Waals surface area (Å²) in [7, 11) is 0. The Hall–Kier alpha value is -0.110. The molecule has 74 valence electrons. The summed E-state index contributed by atoms with van der Waals surface area (Å²) in [6.45, 7) is 8.32. The van der Waals surface area contributed by atoms with Crippen LogP contribution in [0.4, 0.5) is 4.39 Å². The second kappa shape index (κ2) is 6.41. The fourth-order valence-corrected chi connectivity index (χ4v) is 0.894. The van der Waals surface area contributed by atoms with Crippen molar-refractivity contribution in [2.24, 2.45) is 5.92 Å². The van der Waals surface area contributed by atoms with Crippen LogP contribution in [0.3, 0.4) is 0 Å². The molecule has 2 heteroatoms. The van der Waals surface area contributed by atoms with E-state index < -0.39 is 6.17 Å². The molecule has 0 fully saturated rings. The first kappa shape index (κ1) is 11.9. The standard InChI is InChI=1S/C10H21FO/c1-8(2)5-6-10(11)7-12-9(3)4/h8-10H,5-7H2,1-4H3. The maximum Gasteiger partial charge on any atom is 0.123 e. The number of halogens is 1. The summed E-state index contributed by atoms with van der Waals surface area (Å²) in [4.78, 5) is 0. The van der Waals surface area contributed by atoms with Gasteiger partial charge in [0, 0.05) is 0 Å². The number of hydrogen-bond donors (Lipinski definition) is 0. The molecule has 0 spiro atoms. The molecule has 1 unspecified atom stereocenters. The van der Waals surface area contributed by atoms with Gasteiger partial charge in [-0.05, 0) is 32.6 Å². The Balaban J connectivity index is 3.27. The SMILES string of the molecule is CC(C)CCC(F)COC(C)C. The maximum atomic E-state index is 13.0. The lowest BCUT2D eigenvalue weighted by Gasteiger charge is -2.12. The Labute approximate surface area is 75.3 Å². The highest BCUT2D eigenvalue weighted by atomic mass is 19.1. The molecule has 1 nitrogen and oxygen atoms in total. The molecule has 0 saturated heterocycles. The number of alkyl halides is 1. The molecule has 0 N–H and O–H groups in total. The molecule has 12 heavy (non-hydrogen) atoms.